The van der Waals surface area contributed by atoms with Crippen LogP contribution in [0.15, 0.2) is 91.0 Å². The number of aliphatic hydroxyl groups is 1. The molecular weight excluding hydrogens is 953 g/mol. The average molecular weight is 1040 g/mol. The smallest absolute Gasteiger partial charge is 0.410 e. The molecule has 0 spiro atoms. The minimum absolute atomic E-state index is 0.107. The predicted molar refractivity (Wildman–Crippen MR) is 292 cm³/mol. The fourth-order valence-corrected chi connectivity index (χ4v) is 14.5. The van der Waals surface area contributed by atoms with Crippen molar-refractivity contribution in [2.75, 3.05) is 26.3 Å². The maximum absolute atomic E-state index is 14.7. The summed E-state index contributed by atoms with van der Waals surface area (Å²) in [7, 11) is -2.80. The molecule has 5 rings (SSSR count). The van der Waals surface area contributed by atoms with Crippen LogP contribution >= 0.6 is 0 Å². The number of ether oxygens (including phenoxy) is 5. The topological polar surface area (TPSA) is 150 Å². The van der Waals surface area contributed by atoms with E-state index >= 15 is 0 Å². The van der Waals surface area contributed by atoms with Crippen molar-refractivity contribution in [3.63, 3.8) is 0 Å². The zero-order chi connectivity index (χ0) is 54.5. The van der Waals surface area contributed by atoms with Crippen LogP contribution in [-0.4, -0.2) is 116 Å². The number of esters is 3. The highest BCUT2D eigenvalue weighted by Gasteiger charge is 2.54. The maximum Gasteiger partial charge on any atom is 0.410 e. The van der Waals surface area contributed by atoms with Crippen LogP contribution in [0.2, 0.25) is 5.04 Å². The van der Waals surface area contributed by atoms with E-state index in [1.807, 2.05) is 47.4 Å². The highest BCUT2D eigenvalue weighted by molar-refractivity contribution is 6.99. The number of amides is 1. The third-order valence-corrected chi connectivity index (χ3v) is 19.2. The molecule has 2 fully saturated rings. The van der Waals surface area contributed by atoms with Crippen LogP contribution in [0.25, 0.3) is 0 Å². The molecule has 410 valence electrons. The number of carbonyl (C=O) groups excluding carboxylic acids is 4. The van der Waals surface area contributed by atoms with Crippen LogP contribution in [0.5, 0.6) is 0 Å². The van der Waals surface area contributed by atoms with Gasteiger partial charge in [0.25, 0.3) is 8.32 Å². The van der Waals surface area contributed by atoms with Gasteiger partial charge in [0.2, 0.25) is 0 Å². The Morgan fingerprint density at radius 1 is 0.703 bits per heavy atom. The van der Waals surface area contributed by atoms with Crippen molar-refractivity contribution in [2.24, 2.45) is 16.2 Å². The summed E-state index contributed by atoms with van der Waals surface area (Å²) < 4.78 is 38.9. The van der Waals surface area contributed by atoms with Crippen LogP contribution in [0.4, 0.5) is 4.79 Å². The molecule has 3 unspecified atom stereocenters. The van der Waals surface area contributed by atoms with Gasteiger partial charge in [-0.05, 0) is 122 Å². The van der Waals surface area contributed by atoms with E-state index in [0.29, 0.717) is 58.2 Å². The molecule has 0 radical (unpaired) electrons. The molecule has 2 saturated heterocycles. The number of nitrogens with zero attached hydrogens (tertiary/aromatic N) is 2. The van der Waals surface area contributed by atoms with E-state index in [2.05, 4.69) is 81.1 Å². The second kappa shape index (κ2) is 26.4. The molecule has 0 saturated carbocycles. The number of hydrogen-bond acceptors (Lipinski definition) is 12. The van der Waals surface area contributed by atoms with E-state index in [4.69, 9.17) is 28.1 Å². The van der Waals surface area contributed by atoms with Crippen LogP contribution in [-0.2, 0) is 49.1 Å². The number of piperidine rings is 1. The summed E-state index contributed by atoms with van der Waals surface area (Å²) in [4.78, 5) is 60.1. The maximum atomic E-state index is 14.7. The first-order valence-electron chi connectivity index (χ1n) is 27.2. The normalized spacial score (nSPS) is 21.5. The van der Waals surface area contributed by atoms with Gasteiger partial charge in [0.1, 0.15) is 6.61 Å². The Bertz CT molecular complexity index is 2180. The summed E-state index contributed by atoms with van der Waals surface area (Å²) >= 11 is 0. The van der Waals surface area contributed by atoms with Crippen molar-refractivity contribution in [2.45, 2.75) is 202 Å². The van der Waals surface area contributed by atoms with Crippen LogP contribution in [0.1, 0.15) is 153 Å². The van der Waals surface area contributed by atoms with E-state index in [1.54, 1.807) is 62.3 Å². The van der Waals surface area contributed by atoms with Gasteiger partial charge in [-0.25, -0.2) is 4.79 Å². The molecule has 14 heteroatoms. The first-order chi connectivity index (χ1) is 34.8. The zero-order valence-corrected chi connectivity index (χ0v) is 48.0. The lowest BCUT2D eigenvalue weighted by molar-refractivity contribution is -0.265. The van der Waals surface area contributed by atoms with Gasteiger partial charge in [-0.1, -0.05) is 138 Å². The summed E-state index contributed by atoms with van der Waals surface area (Å²) in [5.41, 5.74) is -1.91. The Labute approximate surface area is 444 Å². The number of benzene rings is 3. The average Bonchev–Trinajstić information content (AvgIpc) is 3.33. The van der Waals surface area contributed by atoms with Crippen molar-refractivity contribution in [1.82, 2.24) is 9.80 Å². The van der Waals surface area contributed by atoms with E-state index in [9.17, 15) is 24.3 Å². The quantitative estimate of drug-likeness (QED) is 0.0468. The van der Waals surface area contributed by atoms with Gasteiger partial charge < -0.3 is 38.1 Å². The van der Waals surface area contributed by atoms with Gasteiger partial charge in [0.05, 0.1) is 29.0 Å². The summed E-state index contributed by atoms with van der Waals surface area (Å²) in [6.07, 6.45) is 0.416. The Hall–Kier alpha value is -4.60. The number of unbranched alkanes of at least 4 members (excludes halogenated alkanes) is 3. The first-order valence-corrected chi connectivity index (χ1v) is 29.1. The molecule has 3 aromatic rings. The van der Waals surface area contributed by atoms with Crippen LogP contribution in [0, 0.1) is 16.2 Å². The number of aliphatic hydroxyl groups excluding tert-OH is 1. The molecule has 7 atom stereocenters. The Kier molecular flexibility index (Phi) is 21.5. The van der Waals surface area contributed by atoms with E-state index < -0.39 is 79.2 Å². The van der Waals surface area contributed by atoms with Gasteiger partial charge in [-0.15, -0.1) is 0 Å². The Balaban J connectivity index is 1.50. The minimum atomic E-state index is -2.80. The Morgan fingerprint density at radius 3 is 1.76 bits per heavy atom. The largest absolute Gasteiger partial charge is 0.455 e. The molecule has 1 amide bonds. The standard InChI is InChI=1S/C60H90N2O11Si/c1-14-15-19-30-44(62(56(67)69-41-43-28-20-16-21-29-43)36-26-27-38-70-74(60(11,12)13,47-31-22-17-23-32-47)48-33-24-18-25-34-48)39-45-40-46(63)35-37-61(45)52-51(73-55(66)59(8,9)10)50(72-54(65)58(5,6)7)49(42-68-52)71-53(64)57(2,3)4/h16-18,20-25,28-29,31-34,44-46,49-52,63H,14-15,19,26-27,30,35-42H2,1-13H3/t44-,45-,46?,49+,50?,51?,52-/m0/s1. The molecule has 3 aromatic carbocycles. The Morgan fingerprint density at radius 2 is 1.23 bits per heavy atom. The van der Waals surface area contributed by atoms with E-state index in [-0.39, 0.29) is 30.3 Å². The van der Waals surface area contributed by atoms with Gasteiger partial charge in [0.15, 0.2) is 24.5 Å². The molecular formula is C60H90N2O11Si. The molecule has 2 aliphatic rings. The summed E-state index contributed by atoms with van der Waals surface area (Å²) in [5, 5.41) is 13.7. The number of carbonyl (C=O) groups is 4. The molecule has 1 N–H and O–H groups in total. The molecule has 0 aromatic heterocycles. The van der Waals surface area contributed by atoms with Crippen molar-refractivity contribution >= 4 is 42.7 Å². The van der Waals surface area contributed by atoms with Gasteiger partial charge in [-0.2, -0.15) is 0 Å². The lowest BCUT2D eigenvalue weighted by atomic mass is 9.89. The monoisotopic (exact) mass is 1040 g/mol. The van der Waals surface area contributed by atoms with E-state index in [1.165, 1.54) is 10.4 Å². The van der Waals surface area contributed by atoms with Crippen LogP contribution < -0.4 is 10.4 Å². The molecule has 0 aliphatic carbocycles. The highest BCUT2D eigenvalue weighted by atomic mass is 28.4. The summed E-state index contributed by atoms with van der Waals surface area (Å²) in [6, 6.07) is 30.1. The van der Waals surface area contributed by atoms with Crippen molar-refractivity contribution in [3.8, 4) is 0 Å². The van der Waals surface area contributed by atoms with Gasteiger partial charge in [-0.3, -0.25) is 19.3 Å². The van der Waals surface area contributed by atoms with Gasteiger partial charge in [0, 0.05) is 31.8 Å². The third-order valence-electron chi connectivity index (χ3n) is 14.1. The number of hydrogen-bond donors (Lipinski definition) is 1. The molecule has 13 nitrogen and oxygen atoms in total. The van der Waals surface area contributed by atoms with Gasteiger partial charge >= 0.3 is 24.0 Å². The fraction of sp³-hybridized carbons (Fsp3) is 0.633. The van der Waals surface area contributed by atoms with Crippen molar-refractivity contribution < 1.29 is 52.4 Å². The zero-order valence-electron chi connectivity index (χ0n) is 47.0. The number of likely N-dealkylation sites (tertiary alicyclic amines) is 1. The SMILES string of the molecule is CCCCC[C@@H](C[C@H]1CC(O)CCN1[C@H]1OC[C@@H](OC(=O)C(C)(C)C)C(OC(=O)C(C)(C)C)C1OC(=O)C(C)(C)C)N(CCCCO[Si](c1ccccc1)(c1ccccc1)C(C)(C)C)C(=O)OCc1ccccc1. The molecule has 2 aliphatic heterocycles. The summed E-state index contributed by atoms with van der Waals surface area (Å²) in [6.45, 7) is 25.8. The van der Waals surface area contributed by atoms with Crippen molar-refractivity contribution in [3.05, 3.63) is 96.6 Å². The van der Waals surface area contributed by atoms with Crippen molar-refractivity contribution in [1.29, 1.82) is 0 Å². The highest BCUT2D eigenvalue weighted by Crippen LogP contribution is 2.38. The number of rotatable bonds is 21. The fourth-order valence-electron chi connectivity index (χ4n) is 9.88. The van der Waals surface area contributed by atoms with Crippen LogP contribution in [0.3, 0.4) is 0 Å². The molecule has 2 heterocycles. The minimum Gasteiger partial charge on any atom is -0.455 e. The second-order valence-electron chi connectivity index (χ2n) is 24.6. The molecule has 0 bridgehead atoms. The lowest BCUT2D eigenvalue weighted by Gasteiger charge is -2.50. The third kappa shape index (κ3) is 16.2. The lowest BCUT2D eigenvalue weighted by Crippen LogP contribution is -2.66. The first kappa shape index (κ1) is 60.3. The predicted octanol–water partition coefficient (Wildman–Crippen LogP) is 10.4. The summed E-state index contributed by atoms with van der Waals surface area (Å²) in [5.74, 6) is -1.63. The van der Waals surface area contributed by atoms with E-state index in [0.717, 1.165) is 24.8 Å². The second-order valence-corrected chi connectivity index (χ2v) is 28.9. The molecule has 74 heavy (non-hydrogen) atoms.